The molecule has 0 bridgehead atoms. The molecule has 0 radical (unpaired) electrons. The van der Waals surface area contributed by atoms with E-state index in [1.54, 1.807) is 13.0 Å². The van der Waals surface area contributed by atoms with Gasteiger partial charge in [0, 0.05) is 12.7 Å². The highest BCUT2D eigenvalue weighted by Crippen LogP contribution is 2.33. The summed E-state index contributed by atoms with van der Waals surface area (Å²) in [5, 5.41) is 9.67. The van der Waals surface area contributed by atoms with Crippen LogP contribution in [0.3, 0.4) is 0 Å². The Morgan fingerprint density at radius 3 is 2.60 bits per heavy atom. The number of hydrogen-bond donors (Lipinski definition) is 2. The van der Waals surface area contributed by atoms with Crippen molar-refractivity contribution in [2.45, 2.75) is 13.1 Å². The Labute approximate surface area is 200 Å². The smallest absolute Gasteiger partial charge is 0.382 e. The maximum atomic E-state index is 13.6. The topological polar surface area (TPSA) is 153 Å². The van der Waals surface area contributed by atoms with Gasteiger partial charge in [-0.1, -0.05) is 17.7 Å². The minimum absolute atomic E-state index is 0.0198. The van der Waals surface area contributed by atoms with E-state index in [4.69, 9.17) is 23.1 Å². The van der Waals surface area contributed by atoms with Gasteiger partial charge in [0.25, 0.3) is 5.56 Å². The second-order valence-electron chi connectivity index (χ2n) is 7.14. The summed E-state index contributed by atoms with van der Waals surface area (Å²) < 4.78 is 41.2. The molecule has 0 amide bonds. The predicted octanol–water partition coefficient (Wildman–Crippen LogP) is 3.44. The lowest BCUT2D eigenvalue weighted by atomic mass is 10.2. The highest BCUT2D eigenvalue weighted by atomic mass is 35.5. The van der Waals surface area contributed by atoms with Crippen molar-refractivity contribution in [3.8, 4) is 11.8 Å². The molecule has 35 heavy (non-hydrogen) atoms. The largest absolute Gasteiger partial charge is 0.417 e. The Kier molecular flexibility index (Phi) is 5.91. The summed E-state index contributed by atoms with van der Waals surface area (Å²) in [6, 6.07) is 7.17. The Morgan fingerprint density at radius 2 is 1.94 bits per heavy atom. The SMILES string of the molecule is CCN(c1nc(N)nc(N)c1C#N)c1nc2cccc(Cl)c2c(=O)n1-c1cncc(C(F)(F)F)c1. The number of nitriles is 1. The lowest BCUT2D eigenvalue weighted by Gasteiger charge is -2.26. The van der Waals surface area contributed by atoms with Crippen LogP contribution >= 0.6 is 11.6 Å². The molecule has 0 atom stereocenters. The summed E-state index contributed by atoms with van der Waals surface area (Å²) in [7, 11) is 0. The minimum Gasteiger partial charge on any atom is -0.382 e. The third-order valence-electron chi connectivity index (χ3n) is 5.00. The van der Waals surface area contributed by atoms with Crippen LogP contribution in [0.25, 0.3) is 16.6 Å². The molecule has 14 heteroatoms. The molecule has 0 unspecified atom stereocenters. The van der Waals surface area contributed by atoms with E-state index < -0.39 is 17.3 Å². The van der Waals surface area contributed by atoms with Crippen LogP contribution in [-0.2, 0) is 6.18 Å². The van der Waals surface area contributed by atoms with Crippen molar-refractivity contribution in [3.05, 3.63) is 63.2 Å². The van der Waals surface area contributed by atoms with Crippen LogP contribution < -0.4 is 21.9 Å². The van der Waals surface area contributed by atoms with Gasteiger partial charge in [0.15, 0.2) is 5.82 Å². The van der Waals surface area contributed by atoms with E-state index in [9.17, 15) is 23.2 Å². The number of pyridine rings is 1. The quantitative estimate of drug-likeness (QED) is 0.428. The van der Waals surface area contributed by atoms with Crippen LogP contribution in [0.2, 0.25) is 5.02 Å². The highest BCUT2D eigenvalue weighted by Gasteiger charge is 2.32. The summed E-state index contributed by atoms with van der Waals surface area (Å²) >= 11 is 6.24. The zero-order valence-corrected chi connectivity index (χ0v) is 18.6. The Morgan fingerprint density at radius 1 is 1.20 bits per heavy atom. The number of anilines is 4. The molecule has 0 fully saturated rings. The molecule has 0 aliphatic rings. The van der Waals surface area contributed by atoms with E-state index >= 15 is 0 Å². The van der Waals surface area contributed by atoms with Crippen LogP contribution in [-0.4, -0.2) is 31.0 Å². The summed E-state index contributed by atoms with van der Waals surface area (Å²) in [6.45, 7) is 1.72. The number of aromatic nitrogens is 5. The first-order valence-electron chi connectivity index (χ1n) is 9.91. The molecule has 0 aliphatic carbocycles. The average molecular weight is 502 g/mol. The van der Waals surface area contributed by atoms with Gasteiger partial charge in [-0.15, -0.1) is 0 Å². The number of nitrogens with two attached hydrogens (primary N) is 2. The second-order valence-corrected chi connectivity index (χ2v) is 7.54. The van der Waals surface area contributed by atoms with Crippen molar-refractivity contribution in [2.24, 2.45) is 0 Å². The van der Waals surface area contributed by atoms with Crippen molar-refractivity contribution in [1.29, 1.82) is 5.26 Å². The molecule has 10 nitrogen and oxygen atoms in total. The van der Waals surface area contributed by atoms with Crippen LogP contribution in [0.4, 0.5) is 36.7 Å². The first-order chi connectivity index (χ1) is 16.6. The lowest BCUT2D eigenvalue weighted by Crippen LogP contribution is -2.31. The van der Waals surface area contributed by atoms with Gasteiger partial charge >= 0.3 is 6.18 Å². The monoisotopic (exact) mass is 501 g/mol. The Balaban J connectivity index is 2.13. The normalized spacial score (nSPS) is 11.4. The number of alkyl halides is 3. The van der Waals surface area contributed by atoms with E-state index in [1.807, 2.05) is 6.07 Å². The number of nitrogens with zero attached hydrogens (tertiary/aromatic N) is 7. The standard InChI is InChI=1S/C21H15ClF3N9O/c1-2-33(17-12(7-26)16(27)31-19(28)32-17)20-30-14-5-3-4-13(22)15(14)18(35)34(20)11-6-10(8-29-9-11)21(23,24)25/h3-6,8-9H,2H2,1H3,(H4,27,28,31,32). The number of halogens is 4. The molecule has 4 N–H and O–H groups in total. The summed E-state index contributed by atoms with van der Waals surface area (Å²) in [5.74, 6) is -0.718. The number of nitrogen functional groups attached to an aromatic ring is 2. The molecule has 4 rings (SSSR count). The van der Waals surface area contributed by atoms with Crippen molar-refractivity contribution in [1.82, 2.24) is 24.5 Å². The van der Waals surface area contributed by atoms with Crippen LogP contribution in [0, 0.1) is 11.3 Å². The molecule has 3 heterocycles. The number of hydrogen-bond acceptors (Lipinski definition) is 9. The van der Waals surface area contributed by atoms with E-state index in [-0.39, 0.29) is 57.3 Å². The average Bonchev–Trinajstić information content (AvgIpc) is 2.79. The molecule has 178 valence electrons. The van der Waals surface area contributed by atoms with Crippen LogP contribution in [0.1, 0.15) is 18.1 Å². The summed E-state index contributed by atoms with van der Waals surface area (Å²) in [5.41, 5.74) is 9.50. The van der Waals surface area contributed by atoms with Crippen LogP contribution in [0.15, 0.2) is 41.5 Å². The van der Waals surface area contributed by atoms with E-state index in [0.29, 0.717) is 6.20 Å². The van der Waals surface area contributed by atoms with E-state index in [2.05, 4.69) is 19.9 Å². The van der Waals surface area contributed by atoms with Crippen molar-refractivity contribution in [3.63, 3.8) is 0 Å². The predicted molar refractivity (Wildman–Crippen MR) is 123 cm³/mol. The van der Waals surface area contributed by atoms with Gasteiger partial charge in [-0.2, -0.15) is 28.4 Å². The molecule has 0 aliphatic heterocycles. The highest BCUT2D eigenvalue weighted by molar-refractivity contribution is 6.35. The molecule has 0 spiro atoms. The van der Waals surface area contributed by atoms with Crippen LogP contribution in [0.5, 0.6) is 0 Å². The molecule has 4 aromatic rings. The van der Waals surface area contributed by atoms with Crippen molar-refractivity contribution < 1.29 is 13.2 Å². The summed E-state index contributed by atoms with van der Waals surface area (Å²) in [4.78, 5) is 30.9. The second kappa shape index (κ2) is 8.73. The fourth-order valence-electron chi connectivity index (χ4n) is 3.47. The van der Waals surface area contributed by atoms with Gasteiger partial charge in [0.1, 0.15) is 17.5 Å². The number of fused-ring (bicyclic) bond motifs is 1. The van der Waals surface area contributed by atoms with Gasteiger partial charge in [0.2, 0.25) is 11.9 Å². The Bertz CT molecular complexity index is 1560. The molecular weight excluding hydrogens is 487 g/mol. The fourth-order valence-corrected chi connectivity index (χ4v) is 3.72. The maximum Gasteiger partial charge on any atom is 0.417 e. The third-order valence-corrected chi connectivity index (χ3v) is 5.31. The van der Waals surface area contributed by atoms with Gasteiger partial charge in [-0.05, 0) is 25.1 Å². The molecule has 0 saturated carbocycles. The van der Waals surface area contributed by atoms with E-state index in [0.717, 1.165) is 16.8 Å². The van der Waals surface area contributed by atoms with E-state index in [1.165, 1.54) is 17.0 Å². The maximum absolute atomic E-state index is 13.6. The third kappa shape index (κ3) is 4.15. The zero-order valence-electron chi connectivity index (χ0n) is 17.9. The van der Waals surface area contributed by atoms with Gasteiger partial charge in [-0.3, -0.25) is 14.7 Å². The molecule has 3 aromatic heterocycles. The lowest BCUT2D eigenvalue weighted by molar-refractivity contribution is -0.137. The minimum atomic E-state index is -4.72. The first kappa shape index (κ1) is 23.7. The zero-order chi connectivity index (χ0) is 25.5. The van der Waals surface area contributed by atoms with Gasteiger partial charge in [-0.25, -0.2) is 9.55 Å². The van der Waals surface area contributed by atoms with Gasteiger partial charge in [0.05, 0.1) is 33.4 Å². The van der Waals surface area contributed by atoms with Crippen molar-refractivity contribution in [2.75, 3.05) is 22.9 Å². The number of benzene rings is 1. The van der Waals surface area contributed by atoms with Gasteiger partial charge < -0.3 is 11.5 Å². The number of rotatable bonds is 4. The molecular formula is C21H15ClF3N9O. The fraction of sp³-hybridized carbons (Fsp3) is 0.143. The first-order valence-corrected chi connectivity index (χ1v) is 10.3. The summed E-state index contributed by atoms with van der Waals surface area (Å²) in [6.07, 6.45) is -3.01. The Hall–Kier alpha value is -4.44. The van der Waals surface area contributed by atoms with Crippen molar-refractivity contribution >= 4 is 46.0 Å². The molecule has 1 aromatic carbocycles. The molecule has 0 saturated heterocycles.